The highest BCUT2D eigenvalue weighted by atomic mass is 32.2. The Kier molecular flexibility index (Phi) is 6.09. The predicted octanol–water partition coefficient (Wildman–Crippen LogP) is 3.96. The van der Waals surface area contributed by atoms with Crippen molar-refractivity contribution in [3.05, 3.63) is 44.9 Å². The van der Waals surface area contributed by atoms with Gasteiger partial charge in [0.05, 0.1) is 31.7 Å². The van der Waals surface area contributed by atoms with E-state index in [1.54, 1.807) is 14.0 Å². The van der Waals surface area contributed by atoms with Gasteiger partial charge in [0, 0.05) is 22.5 Å². The van der Waals surface area contributed by atoms with E-state index in [0.29, 0.717) is 30.3 Å². The van der Waals surface area contributed by atoms with Gasteiger partial charge >= 0.3 is 5.97 Å². The highest BCUT2D eigenvalue weighted by molar-refractivity contribution is 7.99. The molecule has 164 valence electrons. The van der Waals surface area contributed by atoms with Crippen molar-refractivity contribution in [2.24, 2.45) is 0 Å². The van der Waals surface area contributed by atoms with Crippen LogP contribution in [0.4, 0.5) is 0 Å². The van der Waals surface area contributed by atoms with Gasteiger partial charge in [0.15, 0.2) is 5.16 Å². The van der Waals surface area contributed by atoms with Gasteiger partial charge in [-0.1, -0.05) is 11.8 Å². The summed E-state index contributed by atoms with van der Waals surface area (Å²) in [5.74, 6) is 0.526. The molecule has 31 heavy (non-hydrogen) atoms. The number of aromatic nitrogens is 2. The summed E-state index contributed by atoms with van der Waals surface area (Å²) in [6.07, 6.45) is 0.550. The number of carbonyl (C=O) groups excluding carboxylic acids is 1. The molecule has 0 radical (unpaired) electrons. The zero-order valence-corrected chi connectivity index (χ0v) is 19.5. The number of rotatable bonds is 6. The van der Waals surface area contributed by atoms with E-state index in [1.165, 1.54) is 23.1 Å². The molecule has 0 spiro atoms. The van der Waals surface area contributed by atoms with E-state index >= 15 is 0 Å². The molecule has 0 N–H and O–H groups in total. The maximum atomic E-state index is 13.4. The van der Waals surface area contributed by atoms with Crippen molar-refractivity contribution in [3.63, 3.8) is 0 Å². The molecule has 2 aromatic heterocycles. The van der Waals surface area contributed by atoms with E-state index in [1.807, 2.05) is 42.7 Å². The lowest BCUT2D eigenvalue weighted by molar-refractivity contribution is -0.139. The van der Waals surface area contributed by atoms with Crippen LogP contribution in [0.15, 0.2) is 34.2 Å². The Labute approximate surface area is 188 Å². The number of ether oxygens (including phenoxy) is 3. The van der Waals surface area contributed by atoms with Gasteiger partial charge in [-0.25, -0.2) is 4.98 Å². The lowest BCUT2D eigenvalue weighted by Crippen LogP contribution is -2.34. The molecule has 0 saturated carbocycles. The minimum Gasteiger partial charge on any atom is -0.497 e. The number of esters is 1. The average molecular weight is 461 g/mol. The third kappa shape index (κ3) is 4.35. The number of thioether (sulfide) groups is 1. The number of methoxy groups -OCH3 is 1. The molecule has 4 rings (SSSR count). The first-order chi connectivity index (χ1) is 14.8. The summed E-state index contributed by atoms with van der Waals surface area (Å²) in [6, 6.07) is 7.52. The van der Waals surface area contributed by atoms with Gasteiger partial charge in [-0.2, -0.15) is 0 Å². The van der Waals surface area contributed by atoms with E-state index < -0.39 is 0 Å². The molecular formula is C22H24N2O5S2. The smallest absolute Gasteiger partial charge is 0.316 e. The van der Waals surface area contributed by atoms with Crippen LogP contribution >= 0.6 is 23.1 Å². The van der Waals surface area contributed by atoms with Crippen LogP contribution < -0.4 is 10.2 Å². The molecule has 0 atom stereocenters. The highest BCUT2D eigenvalue weighted by Gasteiger charge is 2.31. The normalized spacial score (nSPS) is 15.0. The Hall–Kier alpha value is -2.36. The number of hydrogen-bond donors (Lipinski definition) is 0. The fraction of sp³-hybridized carbons (Fsp3) is 0.409. The fourth-order valence-electron chi connectivity index (χ4n) is 3.49. The quantitative estimate of drug-likeness (QED) is 0.407. The number of carbonyl (C=O) groups is 1. The van der Waals surface area contributed by atoms with E-state index in [2.05, 4.69) is 4.98 Å². The molecule has 1 aliphatic heterocycles. The van der Waals surface area contributed by atoms with Crippen molar-refractivity contribution in [2.45, 2.75) is 44.6 Å². The van der Waals surface area contributed by atoms with Crippen LogP contribution in [0, 0.1) is 0 Å². The van der Waals surface area contributed by atoms with Crippen LogP contribution in [-0.4, -0.2) is 40.6 Å². The van der Waals surface area contributed by atoms with Gasteiger partial charge in [0.2, 0.25) is 5.43 Å². The van der Waals surface area contributed by atoms with Crippen molar-refractivity contribution in [2.75, 3.05) is 19.5 Å². The maximum absolute atomic E-state index is 13.4. The van der Waals surface area contributed by atoms with E-state index in [9.17, 15) is 9.59 Å². The molecule has 0 fully saturated rings. The van der Waals surface area contributed by atoms with Gasteiger partial charge in [0.25, 0.3) is 0 Å². The Morgan fingerprint density at radius 1 is 1.32 bits per heavy atom. The average Bonchev–Trinajstić information content (AvgIpc) is 3.11. The maximum Gasteiger partial charge on any atom is 0.316 e. The van der Waals surface area contributed by atoms with Crippen LogP contribution in [0.5, 0.6) is 5.75 Å². The van der Waals surface area contributed by atoms with Crippen molar-refractivity contribution in [1.82, 2.24) is 9.55 Å². The van der Waals surface area contributed by atoms with E-state index in [4.69, 9.17) is 14.2 Å². The molecule has 0 amide bonds. The number of hydrogen-bond acceptors (Lipinski definition) is 8. The van der Waals surface area contributed by atoms with Gasteiger partial charge in [-0.15, -0.1) is 11.3 Å². The largest absolute Gasteiger partial charge is 0.497 e. The summed E-state index contributed by atoms with van der Waals surface area (Å²) in [5, 5.41) is 0.573. The van der Waals surface area contributed by atoms with Crippen molar-refractivity contribution in [3.8, 4) is 11.4 Å². The summed E-state index contributed by atoms with van der Waals surface area (Å²) < 4.78 is 18.2. The Morgan fingerprint density at radius 2 is 2.06 bits per heavy atom. The van der Waals surface area contributed by atoms with Crippen molar-refractivity contribution < 1.29 is 19.0 Å². The Morgan fingerprint density at radius 3 is 2.74 bits per heavy atom. The Bertz CT molecular complexity index is 1180. The summed E-state index contributed by atoms with van der Waals surface area (Å²) >= 11 is 2.77. The molecule has 0 unspecified atom stereocenters. The molecule has 3 aromatic rings. The second-order valence-electron chi connectivity index (χ2n) is 7.73. The highest BCUT2D eigenvalue weighted by Crippen LogP contribution is 2.35. The SMILES string of the molecule is CCOC(=O)CSc1nc2c(=O)c3c(sc2n1-c1ccc(OC)cc1)COC(C)(C)C3. The third-order valence-corrected chi connectivity index (χ3v) is 7.09. The first-order valence-corrected chi connectivity index (χ1v) is 11.8. The van der Waals surface area contributed by atoms with Crippen LogP contribution in [0.1, 0.15) is 31.2 Å². The van der Waals surface area contributed by atoms with Crippen LogP contribution in [-0.2, 0) is 27.3 Å². The summed E-state index contributed by atoms with van der Waals surface area (Å²) in [4.78, 5) is 31.6. The topological polar surface area (TPSA) is 79.7 Å². The number of fused-ring (bicyclic) bond motifs is 2. The molecule has 1 aromatic carbocycles. The van der Waals surface area contributed by atoms with E-state index in [-0.39, 0.29) is 22.8 Å². The molecule has 1 aliphatic rings. The number of imidazole rings is 1. The first kappa shape index (κ1) is 21.9. The second kappa shape index (κ2) is 8.64. The summed E-state index contributed by atoms with van der Waals surface area (Å²) in [5.41, 5.74) is 1.58. The standard InChI is InChI=1S/C22H24N2O5S2/c1-5-28-17(25)12-30-21-23-18-19(26)15-10-22(2,3)29-11-16(15)31-20(18)24(21)13-6-8-14(27-4)9-7-13/h6-9H,5,10-12H2,1-4H3. The van der Waals surface area contributed by atoms with Crippen molar-refractivity contribution >= 4 is 39.4 Å². The summed E-state index contributed by atoms with van der Waals surface area (Å²) in [6.45, 7) is 6.47. The van der Waals surface area contributed by atoms with Crippen molar-refractivity contribution in [1.29, 1.82) is 0 Å². The van der Waals surface area contributed by atoms with Gasteiger partial charge in [0.1, 0.15) is 16.1 Å². The molecule has 3 heterocycles. The lowest BCUT2D eigenvalue weighted by atomic mass is 9.95. The molecule has 0 aliphatic carbocycles. The van der Waals surface area contributed by atoms with Crippen LogP contribution in [0.2, 0.25) is 0 Å². The molecule has 0 bridgehead atoms. The molecule has 0 saturated heterocycles. The second-order valence-corrected chi connectivity index (χ2v) is 9.76. The van der Waals surface area contributed by atoms with Crippen LogP contribution in [0.25, 0.3) is 16.0 Å². The first-order valence-electron chi connectivity index (χ1n) is 9.97. The zero-order chi connectivity index (χ0) is 22.2. The minimum absolute atomic E-state index is 0.0645. The number of nitrogens with zero attached hydrogens (tertiary/aromatic N) is 2. The minimum atomic E-state index is -0.382. The van der Waals surface area contributed by atoms with Crippen LogP contribution in [0.3, 0.4) is 0 Å². The van der Waals surface area contributed by atoms with Gasteiger partial charge < -0.3 is 14.2 Å². The zero-order valence-electron chi connectivity index (χ0n) is 17.9. The predicted molar refractivity (Wildman–Crippen MR) is 122 cm³/mol. The van der Waals surface area contributed by atoms with Gasteiger partial charge in [-0.3, -0.25) is 14.2 Å². The Balaban J connectivity index is 1.86. The monoisotopic (exact) mass is 460 g/mol. The van der Waals surface area contributed by atoms with Gasteiger partial charge in [-0.05, 0) is 45.0 Å². The van der Waals surface area contributed by atoms with E-state index in [0.717, 1.165) is 26.7 Å². The molecule has 9 heteroatoms. The molecular weight excluding hydrogens is 436 g/mol. The third-order valence-electron chi connectivity index (χ3n) is 5.00. The fourth-order valence-corrected chi connectivity index (χ4v) is 5.52. The molecule has 7 nitrogen and oxygen atoms in total. The summed E-state index contributed by atoms with van der Waals surface area (Å²) in [7, 11) is 1.61. The lowest BCUT2D eigenvalue weighted by Gasteiger charge is -2.30. The number of benzene rings is 1.